The number of hydrogen-bond donors (Lipinski definition) is 3. The van der Waals surface area contributed by atoms with Gasteiger partial charge in [0.05, 0.1) is 27.5 Å². The molecule has 3 aromatic carbocycles. The van der Waals surface area contributed by atoms with Crippen molar-refractivity contribution in [2.24, 2.45) is 0 Å². The van der Waals surface area contributed by atoms with Crippen LogP contribution in [-0.2, 0) is 0 Å². The Kier molecular flexibility index (Phi) is 4.64. The van der Waals surface area contributed by atoms with E-state index in [0.717, 1.165) is 33.4 Å². The number of carboxylic acids is 1. The van der Waals surface area contributed by atoms with Gasteiger partial charge in [-0.15, -0.1) is 0 Å². The van der Waals surface area contributed by atoms with E-state index in [9.17, 15) is 9.90 Å². The maximum atomic E-state index is 11.4. The zero-order chi connectivity index (χ0) is 21.5. The van der Waals surface area contributed by atoms with E-state index in [0.29, 0.717) is 16.3 Å². The van der Waals surface area contributed by atoms with Gasteiger partial charge >= 0.3 is 5.97 Å². The Morgan fingerprint density at radius 3 is 2.65 bits per heavy atom. The van der Waals surface area contributed by atoms with E-state index in [2.05, 4.69) is 15.6 Å². The van der Waals surface area contributed by atoms with Crippen LogP contribution in [0.2, 0.25) is 5.02 Å². The van der Waals surface area contributed by atoms with E-state index in [-0.39, 0.29) is 5.56 Å². The molecule has 2 heterocycles. The molecule has 0 bridgehead atoms. The molecule has 5 rings (SSSR count). The lowest BCUT2D eigenvalue weighted by Gasteiger charge is -2.15. The van der Waals surface area contributed by atoms with Gasteiger partial charge in [0.25, 0.3) is 0 Å². The molecular formula is C24H18ClN3O3. The maximum Gasteiger partial charge on any atom is 0.336 e. The van der Waals surface area contributed by atoms with Crippen molar-refractivity contribution < 1.29 is 14.6 Å². The zero-order valence-corrected chi connectivity index (χ0v) is 17.3. The van der Waals surface area contributed by atoms with Crippen molar-refractivity contribution in [3.05, 3.63) is 83.0 Å². The third kappa shape index (κ3) is 3.51. The van der Waals surface area contributed by atoms with Gasteiger partial charge in [-0.05, 0) is 54.4 Å². The van der Waals surface area contributed by atoms with Crippen LogP contribution < -0.4 is 15.4 Å². The summed E-state index contributed by atoms with van der Waals surface area (Å²) in [7, 11) is 0. The molecule has 0 fully saturated rings. The maximum absolute atomic E-state index is 11.4. The monoisotopic (exact) mass is 431 g/mol. The van der Waals surface area contributed by atoms with Gasteiger partial charge in [0.15, 0.2) is 0 Å². The van der Waals surface area contributed by atoms with Crippen LogP contribution in [0.25, 0.3) is 22.0 Å². The molecule has 0 saturated heterocycles. The number of nitrogens with one attached hydrogen (secondary N) is 2. The Labute approximate surface area is 183 Å². The van der Waals surface area contributed by atoms with Crippen LogP contribution in [0.5, 0.6) is 5.75 Å². The molecule has 31 heavy (non-hydrogen) atoms. The number of carbonyl (C=O) groups is 1. The van der Waals surface area contributed by atoms with E-state index in [1.165, 1.54) is 6.07 Å². The number of hydrogen-bond acceptors (Lipinski definition) is 5. The van der Waals surface area contributed by atoms with E-state index >= 15 is 0 Å². The number of aryl methyl sites for hydroxylation is 1. The third-order valence-electron chi connectivity index (χ3n) is 5.31. The fraction of sp³-hybridized carbons (Fsp3) is 0.0833. The molecule has 1 unspecified atom stereocenters. The Balaban J connectivity index is 1.45. The molecule has 1 aliphatic rings. The number of halogens is 1. The fourth-order valence-corrected chi connectivity index (χ4v) is 4.04. The van der Waals surface area contributed by atoms with Crippen LogP contribution in [0.1, 0.15) is 15.9 Å². The van der Waals surface area contributed by atoms with Gasteiger partial charge in [0.2, 0.25) is 6.35 Å². The minimum absolute atomic E-state index is 0.211. The van der Waals surface area contributed by atoms with Crippen molar-refractivity contribution in [3.63, 3.8) is 0 Å². The molecule has 0 amide bonds. The Morgan fingerprint density at radius 1 is 1.03 bits per heavy atom. The second-order valence-corrected chi connectivity index (χ2v) is 7.73. The number of benzene rings is 3. The summed E-state index contributed by atoms with van der Waals surface area (Å²) < 4.78 is 5.92. The van der Waals surface area contributed by atoms with Crippen LogP contribution in [0.4, 0.5) is 11.4 Å². The molecule has 6 nitrogen and oxygen atoms in total. The molecule has 1 aliphatic heterocycles. The van der Waals surface area contributed by atoms with Gasteiger partial charge in [-0.25, -0.2) is 4.79 Å². The highest BCUT2D eigenvalue weighted by molar-refractivity contribution is 6.34. The minimum Gasteiger partial charge on any atom is -0.478 e. The summed E-state index contributed by atoms with van der Waals surface area (Å²) in [5.41, 5.74) is 5.32. The molecule has 0 saturated carbocycles. The van der Waals surface area contributed by atoms with Crippen molar-refractivity contribution in [3.8, 4) is 16.9 Å². The second kappa shape index (κ2) is 7.49. The lowest BCUT2D eigenvalue weighted by atomic mass is 9.99. The minimum atomic E-state index is -0.987. The quantitative estimate of drug-likeness (QED) is 0.381. The number of pyridine rings is 1. The summed E-state index contributed by atoms with van der Waals surface area (Å²) in [6.07, 6.45) is 1.21. The summed E-state index contributed by atoms with van der Waals surface area (Å²) in [6, 6.07) is 18.7. The average Bonchev–Trinajstić information content (AvgIpc) is 3.15. The van der Waals surface area contributed by atoms with Crippen molar-refractivity contribution in [1.82, 2.24) is 4.98 Å². The summed E-state index contributed by atoms with van der Waals surface area (Å²) in [5.74, 6) is -0.535. The van der Waals surface area contributed by atoms with Gasteiger partial charge in [-0.2, -0.15) is 0 Å². The smallest absolute Gasteiger partial charge is 0.336 e. The first-order valence-electron chi connectivity index (χ1n) is 9.71. The normalized spacial score (nSPS) is 14.6. The molecule has 3 N–H and O–H groups in total. The molecule has 0 aliphatic carbocycles. The first-order chi connectivity index (χ1) is 15.0. The van der Waals surface area contributed by atoms with E-state index < -0.39 is 12.3 Å². The van der Waals surface area contributed by atoms with Crippen molar-refractivity contribution in [2.75, 3.05) is 10.6 Å². The van der Waals surface area contributed by atoms with Gasteiger partial charge in [0.1, 0.15) is 5.75 Å². The van der Waals surface area contributed by atoms with E-state index in [1.807, 2.05) is 42.5 Å². The van der Waals surface area contributed by atoms with Crippen LogP contribution in [0.3, 0.4) is 0 Å². The summed E-state index contributed by atoms with van der Waals surface area (Å²) in [5, 5.41) is 17.5. The predicted octanol–water partition coefficient (Wildman–Crippen LogP) is 5.76. The molecule has 4 aromatic rings. The number of fused-ring (bicyclic) bond motifs is 2. The number of nitrogens with zero attached hydrogens (tertiary/aromatic N) is 1. The lowest BCUT2D eigenvalue weighted by Crippen LogP contribution is -2.29. The number of carboxylic acid groups (broad SMARTS) is 1. The van der Waals surface area contributed by atoms with Gasteiger partial charge in [-0.3, -0.25) is 4.98 Å². The molecule has 1 aromatic heterocycles. The van der Waals surface area contributed by atoms with Gasteiger partial charge < -0.3 is 20.5 Å². The highest BCUT2D eigenvalue weighted by Gasteiger charge is 2.24. The highest BCUT2D eigenvalue weighted by Crippen LogP contribution is 2.41. The number of anilines is 2. The molecular weight excluding hydrogens is 414 g/mol. The topological polar surface area (TPSA) is 83.5 Å². The Hall–Kier alpha value is -3.77. The number of aromatic nitrogens is 1. The van der Waals surface area contributed by atoms with Gasteiger partial charge in [-0.1, -0.05) is 35.9 Å². The number of rotatable bonds is 4. The molecule has 0 radical (unpaired) electrons. The van der Waals surface area contributed by atoms with E-state index in [4.69, 9.17) is 16.3 Å². The third-order valence-corrected chi connectivity index (χ3v) is 5.62. The standard InChI is InChI=1S/C24H18ClN3O3/c1-13-7-8-14(10-17(13)23(29)30)31-24-27-21-11-18(19(25)12-22(21)28-24)15-4-2-6-20-16(15)5-3-9-26-20/h2-12,24,27-28H,1H3,(H,29,30). The average molecular weight is 432 g/mol. The Morgan fingerprint density at radius 2 is 1.84 bits per heavy atom. The van der Waals surface area contributed by atoms with Crippen molar-refractivity contribution in [1.29, 1.82) is 0 Å². The molecule has 1 atom stereocenters. The SMILES string of the molecule is Cc1ccc(OC2Nc3cc(Cl)c(-c4cccc5ncccc45)cc3N2)cc1C(=O)O. The fourth-order valence-electron chi connectivity index (χ4n) is 3.78. The molecule has 0 spiro atoms. The highest BCUT2D eigenvalue weighted by atomic mass is 35.5. The van der Waals surface area contributed by atoms with Crippen LogP contribution >= 0.6 is 11.6 Å². The summed E-state index contributed by atoms with van der Waals surface area (Å²) >= 11 is 6.63. The van der Waals surface area contributed by atoms with Gasteiger partial charge in [0, 0.05) is 17.1 Å². The summed E-state index contributed by atoms with van der Waals surface area (Å²) in [4.78, 5) is 15.8. The lowest BCUT2D eigenvalue weighted by molar-refractivity contribution is 0.0695. The first kappa shape index (κ1) is 19.2. The number of ether oxygens (including phenoxy) is 1. The predicted molar refractivity (Wildman–Crippen MR) is 122 cm³/mol. The zero-order valence-electron chi connectivity index (χ0n) is 16.5. The van der Waals surface area contributed by atoms with Crippen molar-refractivity contribution >= 4 is 39.8 Å². The van der Waals surface area contributed by atoms with Crippen LogP contribution in [0.15, 0.2) is 66.9 Å². The molecule has 7 heteroatoms. The summed E-state index contributed by atoms with van der Waals surface area (Å²) in [6.45, 7) is 1.75. The van der Waals surface area contributed by atoms with Crippen molar-refractivity contribution in [2.45, 2.75) is 13.3 Å². The Bertz CT molecular complexity index is 1330. The van der Waals surface area contributed by atoms with Crippen LogP contribution in [-0.4, -0.2) is 22.4 Å². The van der Waals surface area contributed by atoms with E-state index in [1.54, 1.807) is 25.3 Å². The largest absolute Gasteiger partial charge is 0.478 e. The molecule has 154 valence electrons. The number of aromatic carboxylic acids is 1. The first-order valence-corrected chi connectivity index (χ1v) is 10.1. The van der Waals surface area contributed by atoms with Crippen LogP contribution in [0, 0.1) is 6.92 Å². The second-order valence-electron chi connectivity index (χ2n) is 7.32.